The number of hydrogen-bond donors (Lipinski definition) is 1. The zero-order valence-corrected chi connectivity index (χ0v) is 12.6. The van der Waals surface area contributed by atoms with Gasteiger partial charge in [-0.3, -0.25) is 4.79 Å². The molecule has 0 saturated heterocycles. The molecule has 1 atom stereocenters. The normalized spacial score (nSPS) is 13.0. The van der Waals surface area contributed by atoms with Crippen LogP contribution in [0.15, 0.2) is 35.7 Å². The fraction of sp³-hybridized carbons (Fsp3) is 0.308. The summed E-state index contributed by atoms with van der Waals surface area (Å²) < 4.78 is 39.5. The molecule has 0 bridgehead atoms. The molecule has 0 saturated carbocycles. The van der Waals surface area contributed by atoms with E-state index in [9.17, 15) is 18.0 Å². The maximum atomic E-state index is 12.6. The second-order valence-electron chi connectivity index (χ2n) is 4.55. The van der Waals surface area contributed by atoms with Gasteiger partial charge in [0, 0.05) is 12.7 Å². The van der Waals surface area contributed by atoms with Gasteiger partial charge in [-0.1, -0.05) is 17.8 Å². The van der Waals surface area contributed by atoms with E-state index in [1.807, 2.05) is 0 Å². The monoisotopic (exact) mass is 330 g/mol. The Kier molecular flexibility index (Phi) is 4.74. The number of aryl methyl sites for hydroxylation is 1. The van der Waals surface area contributed by atoms with Crippen molar-refractivity contribution in [2.45, 2.75) is 23.5 Å². The summed E-state index contributed by atoms with van der Waals surface area (Å²) >= 11 is 1.17. The number of carbonyl (C=O) groups excluding carboxylic acids is 1. The second-order valence-corrected chi connectivity index (χ2v) is 5.86. The zero-order valence-electron chi connectivity index (χ0n) is 11.8. The zero-order chi connectivity index (χ0) is 16.3. The van der Waals surface area contributed by atoms with Crippen LogP contribution in [0.3, 0.4) is 0 Å². The van der Waals surface area contributed by atoms with E-state index in [0.29, 0.717) is 5.16 Å². The summed E-state index contributed by atoms with van der Waals surface area (Å²) in [4.78, 5) is 12.0. The van der Waals surface area contributed by atoms with E-state index in [1.54, 1.807) is 18.5 Å². The average Bonchev–Trinajstić information content (AvgIpc) is 2.83. The number of nitrogens with zero attached hydrogens (tertiary/aromatic N) is 3. The van der Waals surface area contributed by atoms with Gasteiger partial charge in [-0.2, -0.15) is 13.2 Å². The van der Waals surface area contributed by atoms with Crippen molar-refractivity contribution in [1.82, 2.24) is 14.8 Å². The molecular weight excluding hydrogens is 317 g/mol. The Bertz CT molecular complexity index is 671. The lowest BCUT2D eigenvalue weighted by Gasteiger charge is -2.13. The number of amides is 1. The maximum absolute atomic E-state index is 12.6. The molecule has 5 nitrogen and oxygen atoms in total. The third kappa shape index (κ3) is 4.00. The van der Waals surface area contributed by atoms with E-state index in [4.69, 9.17) is 0 Å². The highest BCUT2D eigenvalue weighted by molar-refractivity contribution is 8.00. The molecular formula is C13H13F3N4OS. The Labute approximate surface area is 128 Å². The molecule has 1 N–H and O–H groups in total. The van der Waals surface area contributed by atoms with Gasteiger partial charge >= 0.3 is 6.18 Å². The first-order valence-electron chi connectivity index (χ1n) is 6.26. The molecule has 0 fully saturated rings. The smallest absolute Gasteiger partial charge is 0.325 e. The third-order valence-corrected chi connectivity index (χ3v) is 3.93. The molecule has 1 amide bonds. The lowest BCUT2D eigenvalue weighted by molar-refractivity contribution is -0.137. The predicted molar refractivity (Wildman–Crippen MR) is 76.4 cm³/mol. The summed E-state index contributed by atoms with van der Waals surface area (Å²) in [6.45, 7) is 1.64. The van der Waals surface area contributed by atoms with Crippen molar-refractivity contribution in [3.8, 4) is 0 Å². The Morgan fingerprint density at radius 2 is 2.14 bits per heavy atom. The molecule has 0 unspecified atom stereocenters. The average molecular weight is 330 g/mol. The van der Waals surface area contributed by atoms with Crippen LogP contribution in [0.4, 0.5) is 18.9 Å². The summed E-state index contributed by atoms with van der Waals surface area (Å²) in [6, 6.07) is 4.51. The Morgan fingerprint density at radius 1 is 1.41 bits per heavy atom. The lowest BCUT2D eigenvalue weighted by atomic mass is 10.2. The number of carbonyl (C=O) groups is 1. The second kappa shape index (κ2) is 6.39. The van der Waals surface area contributed by atoms with Crippen LogP contribution in [0, 0.1) is 0 Å². The van der Waals surface area contributed by atoms with Crippen LogP contribution >= 0.6 is 11.8 Å². The Morgan fingerprint density at radius 3 is 2.73 bits per heavy atom. The summed E-state index contributed by atoms with van der Waals surface area (Å²) in [7, 11) is 1.74. The lowest BCUT2D eigenvalue weighted by Crippen LogP contribution is -2.23. The fourth-order valence-corrected chi connectivity index (χ4v) is 2.40. The highest BCUT2D eigenvalue weighted by Gasteiger charge is 2.30. The highest BCUT2D eigenvalue weighted by atomic mass is 32.2. The van der Waals surface area contributed by atoms with Gasteiger partial charge in [0.15, 0.2) is 5.16 Å². The number of halogens is 3. The van der Waals surface area contributed by atoms with E-state index in [-0.39, 0.29) is 5.69 Å². The minimum absolute atomic E-state index is 0.102. The van der Waals surface area contributed by atoms with Crippen LogP contribution in [0.25, 0.3) is 0 Å². The van der Waals surface area contributed by atoms with Gasteiger partial charge in [0.2, 0.25) is 5.91 Å². The van der Waals surface area contributed by atoms with E-state index in [1.165, 1.54) is 30.2 Å². The topological polar surface area (TPSA) is 59.8 Å². The Balaban J connectivity index is 2.04. The molecule has 2 aromatic rings. The molecule has 118 valence electrons. The van der Waals surface area contributed by atoms with Crippen molar-refractivity contribution in [2.24, 2.45) is 7.05 Å². The molecule has 1 heterocycles. The largest absolute Gasteiger partial charge is 0.416 e. The molecule has 1 aromatic heterocycles. The summed E-state index contributed by atoms with van der Waals surface area (Å²) in [5, 5.41) is 10.0. The first kappa shape index (κ1) is 16.3. The van der Waals surface area contributed by atoms with Crippen molar-refractivity contribution in [3.63, 3.8) is 0 Å². The number of hydrogen-bond acceptors (Lipinski definition) is 4. The van der Waals surface area contributed by atoms with Crippen molar-refractivity contribution >= 4 is 23.4 Å². The summed E-state index contributed by atoms with van der Waals surface area (Å²) in [6.07, 6.45) is -2.94. The van der Waals surface area contributed by atoms with Crippen LogP contribution in [-0.4, -0.2) is 25.9 Å². The SMILES string of the molecule is C[C@@H](Sc1nncn1C)C(=O)Nc1cccc(C(F)(F)F)c1. The van der Waals surface area contributed by atoms with Crippen molar-refractivity contribution < 1.29 is 18.0 Å². The van der Waals surface area contributed by atoms with Gasteiger partial charge in [0.05, 0.1) is 10.8 Å². The van der Waals surface area contributed by atoms with Crippen LogP contribution in [0.2, 0.25) is 0 Å². The van der Waals surface area contributed by atoms with Crippen LogP contribution in [0.1, 0.15) is 12.5 Å². The first-order chi connectivity index (χ1) is 10.3. The molecule has 2 rings (SSSR count). The number of nitrogens with one attached hydrogen (secondary N) is 1. The van der Waals surface area contributed by atoms with Gasteiger partial charge in [-0.15, -0.1) is 10.2 Å². The van der Waals surface area contributed by atoms with E-state index in [0.717, 1.165) is 12.1 Å². The maximum Gasteiger partial charge on any atom is 0.416 e. The van der Waals surface area contributed by atoms with Gasteiger partial charge in [-0.05, 0) is 25.1 Å². The minimum Gasteiger partial charge on any atom is -0.325 e. The molecule has 1 aromatic carbocycles. The van der Waals surface area contributed by atoms with Crippen LogP contribution in [-0.2, 0) is 18.0 Å². The molecule has 0 aliphatic carbocycles. The Hall–Kier alpha value is -2.03. The van der Waals surface area contributed by atoms with Crippen molar-refractivity contribution in [2.75, 3.05) is 5.32 Å². The van der Waals surface area contributed by atoms with Gasteiger partial charge in [0.25, 0.3) is 0 Å². The van der Waals surface area contributed by atoms with E-state index in [2.05, 4.69) is 15.5 Å². The number of alkyl halides is 3. The van der Waals surface area contributed by atoms with E-state index < -0.39 is 22.9 Å². The third-order valence-electron chi connectivity index (χ3n) is 2.78. The summed E-state index contributed by atoms with van der Waals surface area (Å²) in [5.74, 6) is -0.410. The highest BCUT2D eigenvalue weighted by Crippen LogP contribution is 2.31. The standard InChI is InChI=1S/C13H13F3N4OS/c1-8(22-12-19-17-7-20(12)2)11(21)18-10-5-3-4-9(6-10)13(14,15)16/h3-8H,1-2H3,(H,18,21)/t8-/m1/s1. The molecule has 9 heteroatoms. The minimum atomic E-state index is -4.44. The quantitative estimate of drug-likeness (QED) is 0.876. The first-order valence-corrected chi connectivity index (χ1v) is 7.14. The number of thioether (sulfide) groups is 1. The molecule has 0 spiro atoms. The van der Waals surface area contributed by atoms with Gasteiger partial charge in [-0.25, -0.2) is 0 Å². The fourth-order valence-electron chi connectivity index (χ4n) is 1.61. The predicted octanol–water partition coefficient (Wildman–Crippen LogP) is 2.95. The summed E-state index contributed by atoms with van der Waals surface area (Å²) in [5.41, 5.74) is -0.704. The van der Waals surface area contributed by atoms with Crippen LogP contribution in [0.5, 0.6) is 0 Å². The molecule has 0 aliphatic heterocycles. The number of rotatable bonds is 4. The number of anilines is 1. The number of benzene rings is 1. The number of aromatic nitrogens is 3. The van der Waals surface area contributed by atoms with Crippen molar-refractivity contribution in [1.29, 1.82) is 0 Å². The molecule has 22 heavy (non-hydrogen) atoms. The van der Waals surface area contributed by atoms with Gasteiger partial charge in [0.1, 0.15) is 6.33 Å². The van der Waals surface area contributed by atoms with E-state index >= 15 is 0 Å². The molecule has 0 radical (unpaired) electrons. The van der Waals surface area contributed by atoms with Crippen LogP contribution < -0.4 is 5.32 Å². The molecule has 0 aliphatic rings. The van der Waals surface area contributed by atoms with Gasteiger partial charge < -0.3 is 9.88 Å². The van der Waals surface area contributed by atoms with Crippen molar-refractivity contribution in [3.05, 3.63) is 36.2 Å².